The summed E-state index contributed by atoms with van der Waals surface area (Å²) in [7, 11) is 4.43. The summed E-state index contributed by atoms with van der Waals surface area (Å²) in [4.78, 5) is 7.41. The SMILES string of the molecule is CN1CCN(C2=CCN(C)C3=CCC(=CC#N)CC34CSC=C24)CC1. The summed E-state index contributed by atoms with van der Waals surface area (Å²) in [6, 6.07) is 2.25. The normalized spacial score (nSPS) is 31.6. The second-order valence-electron chi connectivity index (χ2n) is 7.59. The Labute approximate surface area is 155 Å². The van der Waals surface area contributed by atoms with Crippen LogP contribution in [0, 0.1) is 16.7 Å². The molecular weight excluding hydrogens is 328 g/mol. The van der Waals surface area contributed by atoms with Crippen molar-refractivity contribution in [2.24, 2.45) is 5.41 Å². The first kappa shape index (κ1) is 16.8. The van der Waals surface area contributed by atoms with Crippen LogP contribution in [-0.2, 0) is 0 Å². The molecule has 5 heteroatoms. The fraction of sp³-hybridized carbons (Fsp3) is 0.550. The van der Waals surface area contributed by atoms with Crippen LogP contribution < -0.4 is 0 Å². The van der Waals surface area contributed by atoms with E-state index in [1.807, 2.05) is 11.8 Å². The second-order valence-corrected chi connectivity index (χ2v) is 8.44. The van der Waals surface area contributed by atoms with Crippen molar-refractivity contribution in [2.75, 3.05) is 52.6 Å². The summed E-state index contributed by atoms with van der Waals surface area (Å²) in [6.07, 6.45) is 8.47. The molecule has 1 unspecified atom stereocenters. The molecule has 0 amide bonds. The molecule has 4 nitrogen and oxygen atoms in total. The van der Waals surface area contributed by atoms with Crippen molar-refractivity contribution in [1.29, 1.82) is 5.26 Å². The lowest BCUT2D eigenvalue weighted by molar-refractivity contribution is 0.185. The molecular formula is C20H26N4S. The van der Waals surface area contributed by atoms with E-state index in [0.29, 0.717) is 0 Å². The van der Waals surface area contributed by atoms with Gasteiger partial charge in [-0.3, -0.25) is 0 Å². The van der Waals surface area contributed by atoms with Crippen molar-refractivity contribution in [3.05, 3.63) is 46.2 Å². The van der Waals surface area contributed by atoms with Gasteiger partial charge in [0.15, 0.2) is 0 Å². The zero-order chi connectivity index (χ0) is 17.4. The van der Waals surface area contributed by atoms with E-state index in [9.17, 15) is 0 Å². The molecule has 3 aliphatic heterocycles. The van der Waals surface area contributed by atoms with E-state index in [1.54, 1.807) is 6.08 Å². The number of nitrogens with zero attached hydrogens (tertiary/aromatic N) is 4. The zero-order valence-corrected chi connectivity index (χ0v) is 16.0. The van der Waals surface area contributed by atoms with Crippen LogP contribution in [0.3, 0.4) is 0 Å². The van der Waals surface area contributed by atoms with Crippen molar-refractivity contribution in [3.63, 3.8) is 0 Å². The number of rotatable bonds is 1. The predicted molar refractivity (Wildman–Crippen MR) is 104 cm³/mol. The summed E-state index contributed by atoms with van der Waals surface area (Å²) >= 11 is 1.94. The van der Waals surface area contributed by atoms with Crippen LogP contribution in [0.4, 0.5) is 0 Å². The maximum atomic E-state index is 9.14. The molecule has 4 rings (SSSR count). The average Bonchev–Trinajstić information content (AvgIpc) is 2.95. The van der Waals surface area contributed by atoms with Crippen LogP contribution >= 0.6 is 11.8 Å². The van der Waals surface area contributed by atoms with Gasteiger partial charge in [-0.05, 0) is 36.9 Å². The van der Waals surface area contributed by atoms with Gasteiger partial charge in [-0.15, -0.1) is 11.8 Å². The lowest BCUT2D eigenvalue weighted by Gasteiger charge is -2.43. The van der Waals surface area contributed by atoms with Crippen LogP contribution in [0.15, 0.2) is 46.2 Å². The number of thioether (sulfide) groups is 1. The van der Waals surface area contributed by atoms with Crippen LogP contribution in [0.25, 0.3) is 0 Å². The van der Waals surface area contributed by atoms with Gasteiger partial charge < -0.3 is 14.7 Å². The van der Waals surface area contributed by atoms with E-state index < -0.39 is 0 Å². The number of hydrogen-bond donors (Lipinski definition) is 0. The van der Waals surface area contributed by atoms with Gasteiger partial charge in [0.05, 0.1) is 11.5 Å². The monoisotopic (exact) mass is 354 g/mol. The maximum absolute atomic E-state index is 9.14. The van der Waals surface area contributed by atoms with E-state index >= 15 is 0 Å². The van der Waals surface area contributed by atoms with Gasteiger partial charge in [0.2, 0.25) is 0 Å². The summed E-state index contributed by atoms with van der Waals surface area (Å²) < 4.78 is 0. The third-order valence-electron chi connectivity index (χ3n) is 5.98. The van der Waals surface area contributed by atoms with E-state index in [0.717, 1.165) is 51.3 Å². The molecule has 0 aromatic heterocycles. The molecule has 1 spiro atoms. The quantitative estimate of drug-likeness (QED) is 0.677. The molecule has 132 valence electrons. The van der Waals surface area contributed by atoms with Crippen molar-refractivity contribution < 1.29 is 0 Å². The van der Waals surface area contributed by atoms with Gasteiger partial charge in [0, 0.05) is 63.0 Å². The highest BCUT2D eigenvalue weighted by atomic mass is 32.2. The Bertz CT molecular complexity index is 718. The van der Waals surface area contributed by atoms with Gasteiger partial charge in [-0.25, -0.2) is 0 Å². The van der Waals surface area contributed by atoms with E-state index in [1.165, 1.54) is 22.5 Å². The molecule has 0 saturated carbocycles. The third-order valence-corrected chi connectivity index (χ3v) is 7.04. The summed E-state index contributed by atoms with van der Waals surface area (Å²) in [5.41, 5.74) is 5.70. The minimum absolute atomic E-state index is 0.0477. The van der Waals surface area contributed by atoms with Crippen LogP contribution in [0.5, 0.6) is 0 Å². The Morgan fingerprint density at radius 2 is 2.00 bits per heavy atom. The lowest BCUT2D eigenvalue weighted by atomic mass is 9.69. The summed E-state index contributed by atoms with van der Waals surface area (Å²) in [6.45, 7) is 5.43. The van der Waals surface area contributed by atoms with Crippen LogP contribution in [0.2, 0.25) is 0 Å². The molecule has 4 aliphatic rings. The van der Waals surface area contributed by atoms with Gasteiger partial charge in [0.1, 0.15) is 0 Å². The molecule has 1 aliphatic carbocycles. The minimum atomic E-state index is 0.0477. The zero-order valence-electron chi connectivity index (χ0n) is 15.2. The van der Waals surface area contributed by atoms with Crippen LogP contribution in [0.1, 0.15) is 12.8 Å². The molecule has 0 bridgehead atoms. The summed E-state index contributed by atoms with van der Waals surface area (Å²) in [5, 5.41) is 11.5. The first-order valence-electron chi connectivity index (χ1n) is 9.09. The molecule has 25 heavy (non-hydrogen) atoms. The molecule has 1 saturated heterocycles. The van der Waals surface area contributed by atoms with Crippen molar-refractivity contribution in [3.8, 4) is 6.07 Å². The second kappa shape index (κ2) is 6.59. The number of allylic oxidation sites excluding steroid dienone is 5. The Morgan fingerprint density at radius 3 is 2.76 bits per heavy atom. The van der Waals surface area contributed by atoms with Crippen molar-refractivity contribution in [2.45, 2.75) is 12.8 Å². The van der Waals surface area contributed by atoms with E-state index in [-0.39, 0.29) is 5.41 Å². The smallest absolute Gasteiger partial charge is 0.0911 e. The Kier molecular flexibility index (Phi) is 4.43. The molecule has 3 heterocycles. The first-order chi connectivity index (χ1) is 12.1. The topological polar surface area (TPSA) is 33.5 Å². The fourth-order valence-corrected chi connectivity index (χ4v) is 5.88. The number of nitriles is 1. The Morgan fingerprint density at radius 1 is 1.20 bits per heavy atom. The van der Waals surface area contributed by atoms with Gasteiger partial charge in [-0.2, -0.15) is 5.26 Å². The van der Waals surface area contributed by atoms with Crippen molar-refractivity contribution >= 4 is 11.8 Å². The van der Waals surface area contributed by atoms with Crippen LogP contribution in [-0.4, -0.2) is 67.3 Å². The van der Waals surface area contributed by atoms with Gasteiger partial charge >= 0.3 is 0 Å². The highest BCUT2D eigenvalue weighted by molar-refractivity contribution is 8.02. The van der Waals surface area contributed by atoms with E-state index in [2.05, 4.69) is 52.4 Å². The largest absolute Gasteiger partial charge is 0.374 e. The molecule has 1 fully saturated rings. The lowest BCUT2D eigenvalue weighted by Crippen LogP contribution is -2.45. The Hall–Kier alpha value is -1.64. The number of likely N-dealkylation sites (N-methyl/N-ethyl adjacent to an activating group) is 2. The molecule has 0 aromatic rings. The van der Waals surface area contributed by atoms with Gasteiger partial charge in [-0.1, -0.05) is 11.6 Å². The van der Waals surface area contributed by atoms with Crippen molar-refractivity contribution in [1.82, 2.24) is 14.7 Å². The highest BCUT2D eigenvalue weighted by Gasteiger charge is 2.48. The Balaban J connectivity index is 1.73. The highest BCUT2D eigenvalue weighted by Crippen LogP contribution is 2.56. The third kappa shape index (κ3) is 2.82. The minimum Gasteiger partial charge on any atom is -0.374 e. The maximum Gasteiger partial charge on any atom is 0.0911 e. The standard InChI is InChI=1S/C20H26N4S/c1-22-9-11-24(12-10-22)18-6-8-23(2)19-4-3-16(5-7-21)13-20(19)15-25-14-17(18)20/h4-6,14H,3,8-13,15H2,1-2H3. The molecule has 0 N–H and O–H groups in total. The average molecular weight is 355 g/mol. The fourth-order valence-electron chi connectivity index (χ4n) is 4.60. The molecule has 0 radical (unpaired) electrons. The van der Waals surface area contributed by atoms with E-state index in [4.69, 9.17) is 5.26 Å². The predicted octanol–water partition coefficient (Wildman–Crippen LogP) is 2.81. The molecule has 1 atom stereocenters. The first-order valence-corrected chi connectivity index (χ1v) is 10.1. The summed E-state index contributed by atoms with van der Waals surface area (Å²) in [5.74, 6) is 1.09. The number of hydrogen-bond acceptors (Lipinski definition) is 5. The van der Waals surface area contributed by atoms with Gasteiger partial charge in [0.25, 0.3) is 0 Å². The number of piperazine rings is 1. The molecule has 0 aromatic carbocycles.